The largest absolute Gasteiger partial charge is 0.344 e. The molecule has 0 saturated carbocycles. The van der Waals surface area contributed by atoms with Crippen molar-refractivity contribution in [2.24, 2.45) is 0 Å². The first kappa shape index (κ1) is 16.1. The maximum atomic E-state index is 12.3. The van der Waals surface area contributed by atoms with Crippen molar-refractivity contribution >= 4 is 33.1 Å². The summed E-state index contributed by atoms with van der Waals surface area (Å²) in [6, 6.07) is 7.67. The first-order valence-electron chi connectivity index (χ1n) is 7.44. The minimum atomic E-state index is -0.584. The Morgan fingerprint density at radius 2 is 2.21 bits per heavy atom. The van der Waals surface area contributed by atoms with E-state index in [0.717, 1.165) is 21.6 Å². The molecule has 2 heterocycles. The summed E-state index contributed by atoms with van der Waals surface area (Å²) in [4.78, 5) is 27.3. The molecule has 0 saturated heterocycles. The van der Waals surface area contributed by atoms with Gasteiger partial charge in [0.1, 0.15) is 10.7 Å². The Balaban J connectivity index is 1.76. The van der Waals surface area contributed by atoms with Crippen LogP contribution in [0.5, 0.6) is 0 Å². The highest BCUT2D eigenvalue weighted by atomic mass is 32.1. The molecule has 1 amide bonds. The minimum absolute atomic E-state index is 0.190. The van der Waals surface area contributed by atoms with Crippen LogP contribution in [0.1, 0.15) is 34.5 Å². The Labute approximate surface area is 141 Å². The van der Waals surface area contributed by atoms with E-state index in [0.29, 0.717) is 12.1 Å². The van der Waals surface area contributed by atoms with Crippen LogP contribution in [0.3, 0.4) is 0 Å². The molecule has 0 aliphatic carbocycles. The van der Waals surface area contributed by atoms with Gasteiger partial charge >= 0.3 is 5.69 Å². The summed E-state index contributed by atoms with van der Waals surface area (Å²) in [5, 5.41) is 21.0. The van der Waals surface area contributed by atoms with Crippen LogP contribution in [0, 0.1) is 10.1 Å². The predicted octanol–water partition coefficient (Wildman–Crippen LogP) is 2.81. The third-order valence-corrected chi connectivity index (χ3v) is 4.49. The second-order valence-electron chi connectivity index (χ2n) is 5.16. The van der Waals surface area contributed by atoms with Gasteiger partial charge in [0, 0.05) is 0 Å². The molecular weight excluding hydrogens is 330 g/mol. The molecule has 3 rings (SSSR count). The van der Waals surface area contributed by atoms with E-state index in [1.165, 1.54) is 11.3 Å². The molecule has 0 bridgehead atoms. The second kappa shape index (κ2) is 6.75. The molecule has 2 aromatic heterocycles. The van der Waals surface area contributed by atoms with E-state index in [2.05, 4.69) is 20.5 Å². The molecule has 0 atom stereocenters. The molecule has 2 N–H and O–H groups in total. The number of carbonyl (C=O) groups is 1. The van der Waals surface area contributed by atoms with Crippen molar-refractivity contribution < 1.29 is 9.72 Å². The summed E-state index contributed by atoms with van der Waals surface area (Å²) in [6.07, 6.45) is 1.18. The lowest BCUT2D eigenvalue weighted by Gasteiger charge is -2.00. The SMILES string of the molecule is CCCc1[nH]nc(C(=O)NCc2nc3ccccc3s2)c1[N+](=O)[O-]. The Bertz CT molecular complexity index is 869. The Morgan fingerprint density at radius 1 is 1.42 bits per heavy atom. The van der Waals surface area contributed by atoms with E-state index in [1.807, 2.05) is 31.2 Å². The van der Waals surface area contributed by atoms with Crippen LogP contribution in [-0.2, 0) is 13.0 Å². The average Bonchev–Trinajstić information content (AvgIpc) is 3.16. The number of nitro groups is 1. The standard InChI is InChI=1S/C15H15N5O3S/c1-2-5-10-14(20(22)23)13(19-18-10)15(21)16-8-12-17-9-6-3-4-7-11(9)24-12/h3-4,6-7H,2,5,8H2,1H3,(H,16,21)(H,18,19). The van der Waals surface area contributed by atoms with Gasteiger partial charge in [-0.3, -0.25) is 20.0 Å². The van der Waals surface area contributed by atoms with E-state index < -0.39 is 10.8 Å². The highest BCUT2D eigenvalue weighted by Crippen LogP contribution is 2.23. The number of nitrogens with zero attached hydrogens (tertiary/aromatic N) is 3. The lowest BCUT2D eigenvalue weighted by atomic mass is 10.2. The molecule has 1 aromatic carbocycles. The number of hydrogen-bond acceptors (Lipinski definition) is 6. The first-order chi connectivity index (χ1) is 11.6. The van der Waals surface area contributed by atoms with Crippen molar-refractivity contribution in [3.63, 3.8) is 0 Å². The van der Waals surface area contributed by atoms with Gasteiger partial charge in [-0.1, -0.05) is 25.5 Å². The maximum absolute atomic E-state index is 12.3. The topological polar surface area (TPSA) is 114 Å². The van der Waals surface area contributed by atoms with Crippen molar-refractivity contribution in [1.29, 1.82) is 0 Å². The number of aromatic nitrogens is 3. The summed E-state index contributed by atoms with van der Waals surface area (Å²) < 4.78 is 1.03. The minimum Gasteiger partial charge on any atom is -0.344 e. The molecule has 0 radical (unpaired) electrons. The van der Waals surface area contributed by atoms with E-state index in [-0.39, 0.29) is 17.9 Å². The highest BCUT2D eigenvalue weighted by molar-refractivity contribution is 7.18. The normalized spacial score (nSPS) is 10.9. The smallest absolute Gasteiger partial charge is 0.322 e. The van der Waals surface area contributed by atoms with Gasteiger partial charge in [0.05, 0.1) is 21.7 Å². The molecular formula is C15H15N5O3S. The molecule has 0 aliphatic heterocycles. The lowest BCUT2D eigenvalue weighted by Crippen LogP contribution is -2.24. The van der Waals surface area contributed by atoms with Gasteiger partial charge in [-0.2, -0.15) is 5.10 Å². The number of aryl methyl sites for hydroxylation is 1. The summed E-state index contributed by atoms with van der Waals surface area (Å²) >= 11 is 1.47. The van der Waals surface area contributed by atoms with Gasteiger partial charge in [-0.15, -0.1) is 11.3 Å². The zero-order valence-electron chi connectivity index (χ0n) is 12.9. The molecule has 0 unspecified atom stereocenters. The maximum Gasteiger partial charge on any atom is 0.322 e. The lowest BCUT2D eigenvalue weighted by molar-refractivity contribution is -0.385. The number of thiazole rings is 1. The van der Waals surface area contributed by atoms with Crippen LogP contribution >= 0.6 is 11.3 Å². The van der Waals surface area contributed by atoms with Gasteiger partial charge < -0.3 is 5.32 Å². The summed E-state index contributed by atoms with van der Waals surface area (Å²) in [5.41, 5.74) is 0.790. The van der Waals surface area contributed by atoms with Gasteiger partial charge in [0.25, 0.3) is 5.91 Å². The molecule has 24 heavy (non-hydrogen) atoms. The fraction of sp³-hybridized carbons (Fsp3) is 0.267. The van der Waals surface area contributed by atoms with E-state index >= 15 is 0 Å². The van der Waals surface area contributed by atoms with Crippen LogP contribution in [0.25, 0.3) is 10.2 Å². The number of amides is 1. The summed E-state index contributed by atoms with van der Waals surface area (Å²) in [7, 11) is 0. The van der Waals surface area contributed by atoms with E-state index in [4.69, 9.17) is 0 Å². The first-order valence-corrected chi connectivity index (χ1v) is 8.26. The third kappa shape index (κ3) is 3.11. The van der Waals surface area contributed by atoms with Crippen molar-refractivity contribution in [2.75, 3.05) is 0 Å². The summed E-state index contributed by atoms with van der Waals surface area (Å²) in [5.74, 6) is -0.584. The Kier molecular flexibility index (Phi) is 4.52. The number of carbonyl (C=O) groups excluding carboxylic acids is 1. The van der Waals surface area contributed by atoms with Crippen molar-refractivity contribution in [3.05, 3.63) is 50.8 Å². The highest BCUT2D eigenvalue weighted by Gasteiger charge is 2.28. The number of fused-ring (bicyclic) bond motifs is 1. The number of rotatable bonds is 6. The third-order valence-electron chi connectivity index (χ3n) is 3.45. The van der Waals surface area contributed by atoms with E-state index in [1.54, 1.807) is 0 Å². The molecule has 3 aromatic rings. The quantitative estimate of drug-likeness (QED) is 0.527. The number of para-hydroxylation sites is 1. The molecule has 124 valence electrons. The zero-order chi connectivity index (χ0) is 17.1. The number of nitrogens with one attached hydrogen (secondary N) is 2. The Hall–Kier alpha value is -2.81. The Morgan fingerprint density at radius 3 is 2.92 bits per heavy atom. The van der Waals surface area contributed by atoms with Crippen LogP contribution in [0.4, 0.5) is 5.69 Å². The monoisotopic (exact) mass is 345 g/mol. The zero-order valence-corrected chi connectivity index (χ0v) is 13.7. The van der Waals surface area contributed by atoms with E-state index in [9.17, 15) is 14.9 Å². The molecule has 0 spiro atoms. The molecule has 8 nitrogen and oxygen atoms in total. The van der Waals surface area contributed by atoms with Crippen molar-refractivity contribution in [2.45, 2.75) is 26.3 Å². The molecule has 0 aliphatic rings. The number of H-pyrrole nitrogens is 1. The molecule has 9 heteroatoms. The number of aromatic amines is 1. The van der Waals surface area contributed by atoms with Gasteiger partial charge in [0.15, 0.2) is 0 Å². The van der Waals surface area contributed by atoms with Crippen LogP contribution in [0.15, 0.2) is 24.3 Å². The average molecular weight is 345 g/mol. The predicted molar refractivity (Wildman–Crippen MR) is 90.0 cm³/mol. The molecule has 0 fully saturated rings. The second-order valence-corrected chi connectivity index (χ2v) is 6.28. The van der Waals surface area contributed by atoms with Crippen LogP contribution in [0.2, 0.25) is 0 Å². The van der Waals surface area contributed by atoms with Crippen LogP contribution in [-0.4, -0.2) is 26.0 Å². The number of benzene rings is 1. The fourth-order valence-electron chi connectivity index (χ4n) is 2.39. The van der Waals surface area contributed by atoms with Gasteiger partial charge in [-0.25, -0.2) is 4.98 Å². The van der Waals surface area contributed by atoms with Gasteiger partial charge in [0.2, 0.25) is 5.69 Å². The fourth-order valence-corrected chi connectivity index (χ4v) is 3.29. The van der Waals surface area contributed by atoms with Crippen molar-refractivity contribution in [1.82, 2.24) is 20.5 Å². The summed E-state index contributed by atoms with van der Waals surface area (Å²) in [6.45, 7) is 2.10. The number of hydrogen-bond donors (Lipinski definition) is 2. The van der Waals surface area contributed by atoms with Crippen LogP contribution < -0.4 is 5.32 Å². The van der Waals surface area contributed by atoms with Gasteiger partial charge in [-0.05, 0) is 18.6 Å². The van der Waals surface area contributed by atoms with Crippen molar-refractivity contribution in [3.8, 4) is 0 Å².